The Hall–Kier alpha value is -3.61. The third-order valence-electron chi connectivity index (χ3n) is 9.94. The molecule has 228 valence electrons. The zero-order valence-electron chi connectivity index (χ0n) is 25.9. The van der Waals surface area contributed by atoms with Crippen LogP contribution >= 0.6 is 0 Å². The van der Waals surface area contributed by atoms with Crippen LogP contribution in [0.15, 0.2) is 54.9 Å². The van der Waals surface area contributed by atoms with Crippen molar-refractivity contribution in [2.75, 3.05) is 18.6 Å². The van der Waals surface area contributed by atoms with Crippen LogP contribution in [0.4, 0.5) is 5.69 Å². The lowest BCUT2D eigenvalue weighted by Gasteiger charge is -2.36. The van der Waals surface area contributed by atoms with Crippen molar-refractivity contribution in [3.8, 4) is 16.9 Å². The average Bonchev–Trinajstić information content (AvgIpc) is 3.76. The van der Waals surface area contributed by atoms with Crippen molar-refractivity contribution in [3.05, 3.63) is 66.0 Å². The molecule has 0 aliphatic heterocycles. The highest BCUT2D eigenvalue weighted by Gasteiger charge is 2.33. The Kier molecular flexibility index (Phi) is 8.87. The van der Waals surface area contributed by atoms with Gasteiger partial charge in [-0.15, -0.1) is 0 Å². The minimum atomic E-state index is -0.00936. The lowest BCUT2D eigenvalue weighted by Crippen LogP contribution is -2.43. The molecule has 0 atom stereocenters. The van der Waals surface area contributed by atoms with E-state index in [9.17, 15) is 9.59 Å². The molecule has 3 aliphatic rings. The van der Waals surface area contributed by atoms with Crippen molar-refractivity contribution in [2.24, 2.45) is 11.8 Å². The molecule has 2 aromatic carbocycles. The number of rotatable bonds is 9. The molecule has 7 heteroatoms. The zero-order chi connectivity index (χ0) is 29.9. The molecule has 0 spiro atoms. The number of carbonyl (C=O) groups is 2. The van der Waals surface area contributed by atoms with Gasteiger partial charge in [-0.1, -0.05) is 24.3 Å². The largest absolute Gasteiger partial charge is 0.496 e. The molecule has 3 aliphatic carbocycles. The molecule has 3 saturated carbocycles. The van der Waals surface area contributed by atoms with Crippen LogP contribution in [0.25, 0.3) is 11.1 Å². The topological polar surface area (TPSA) is 76.5 Å². The van der Waals surface area contributed by atoms with Crippen LogP contribution < -0.4 is 15.0 Å². The standard InChI is InChI=1S/C36H46N4O3/c1-24-19-30(13-18-35(24)43-3)27-9-7-26(8-10-27)22-39(36(42)28-11-14-32(15-12-28)38-25(2)41)34-6-4-5-29(20-34)31-21-37-40(23-31)33-16-17-33/h4-6,13,18-21,23,26-28,32-33H,7-12,14-17,22H2,1-3H3,(H,38,41). The third-order valence-corrected chi connectivity index (χ3v) is 9.94. The van der Waals surface area contributed by atoms with Gasteiger partial charge in [-0.3, -0.25) is 14.3 Å². The highest BCUT2D eigenvalue weighted by atomic mass is 16.5. The first-order valence-electron chi connectivity index (χ1n) is 16.3. The Bertz CT molecular complexity index is 1430. The molecule has 0 bridgehead atoms. The normalized spacial score (nSPS) is 23.9. The van der Waals surface area contributed by atoms with Gasteiger partial charge in [0.15, 0.2) is 0 Å². The van der Waals surface area contributed by atoms with E-state index in [4.69, 9.17) is 4.74 Å². The number of anilines is 1. The van der Waals surface area contributed by atoms with Crippen molar-refractivity contribution in [1.82, 2.24) is 15.1 Å². The summed E-state index contributed by atoms with van der Waals surface area (Å²) >= 11 is 0. The Labute approximate surface area is 256 Å². The SMILES string of the molecule is COc1ccc(C2CCC(CN(C(=O)C3CCC(NC(C)=O)CC3)c3cccc(-c4cnn(C5CC5)c4)c3)CC2)cc1C. The predicted octanol–water partition coefficient (Wildman–Crippen LogP) is 7.20. The summed E-state index contributed by atoms with van der Waals surface area (Å²) in [4.78, 5) is 27.9. The Morgan fingerprint density at radius 1 is 0.953 bits per heavy atom. The van der Waals surface area contributed by atoms with E-state index in [0.717, 1.165) is 80.5 Å². The number of benzene rings is 2. The minimum Gasteiger partial charge on any atom is -0.496 e. The summed E-state index contributed by atoms with van der Waals surface area (Å²) in [5.41, 5.74) is 5.79. The van der Waals surface area contributed by atoms with Gasteiger partial charge in [0.1, 0.15) is 5.75 Å². The number of amides is 2. The molecular weight excluding hydrogens is 536 g/mol. The minimum absolute atomic E-state index is 0.00936. The zero-order valence-corrected chi connectivity index (χ0v) is 25.9. The van der Waals surface area contributed by atoms with Gasteiger partial charge in [0.05, 0.1) is 19.3 Å². The van der Waals surface area contributed by atoms with Gasteiger partial charge in [0.25, 0.3) is 0 Å². The second-order valence-electron chi connectivity index (χ2n) is 13.1. The monoisotopic (exact) mass is 582 g/mol. The quantitative estimate of drug-likeness (QED) is 0.289. The number of aromatic nitrogens is 2. The highest BCUT2D eigenvalue weighted by Crippen LogP contribution is 2.39. The fraction of sp³-hybridized carbons (Fsp3) is 0.528. The van der Waals surface area contributed by atoms with Crippen LogP contribution in [0, 0.1) is 18.8 Å². The van der Waals surface area contributed by atoms with E-state index in [1.165, 1.54) is 24.0 Å². The molecule has 0 unspecified atom stereocenters. The summed E-state index contributed by atoms with van der Waals surface area (Å²) in [5, 5.41) is 7.66. The number of carbonyl (C=O) groups excluding carboxylic acids is 2. The van der Waals surface area contributed by atoms with E-state index < -0.39 is 0 Å². The Balaban J connectivity index is 1.18. The molecule has 7 nitrogen and oxygen atoms in total. The summed E-state index contributed by atoms with van der Waals surface area (Å²) < 4.78 is 7.56. The lowest BCUT2D eigenvalue weighted by atomic mass is 9.78. The van der Waals surface area contributed by atoms with Crippen LogP contribution in [0.3, 0.4) is 0 Å². The molecule has 6 rings (SSSR count). The number of nitrogens with one attached hydrogen (secondary N) is 1. The van der Waals surface area contributed by atoms with Crippen LogP contribution in [-0.4, -0.2) is 41.3 Å². The van der Waals surface area contributed by atoms with Crippen LogP contribution in [-0.2, 0) is 9.59 Å². The van der Waals surface area contributed by atoms with Crippen molar-refractivity contribution in [3.63, 3.8) is 0 Å². The average molecular weight is 583 g/mol. The number of hydrogen-bond donors (Lipinski definition) is 1. The number of methoxy groups -OCH3 is 1. The second-order valence-corrected chi connectivity index (χ2v) is 13.1. The number of hydrogen-bond acceptors (Lipinski definition) is 4. The number of aryl methyl sites for hydroxylation is 1. The van der Waals surface area contributed by atoms with Gasteiger partial charge in [-0.25, -0.2) is 0 Å². The smallest absolute Gasteiger partial charge is 0.230 e. The van der Waals surface area contributed by atoms with Crippen LogP contribution in [0.5, 0.6) is 5.75 Å². The van der Waals surface area contributed by atoms with Gasteiger partial charge in [-0.05, 0) is 118 Å². The molecule has 0 saturated heterocycles. The molecule has 1 heterocycles. The molecule has 0 radical (unpaired) electrons. The molecule has 1 aromatic heterocycles. The van der Waals surface area contributed by atoms with Crippen molar-refractivity contribution in [2.45, 2.75) is 96.1 Å². The van der Waals surface area contributed by atoms with E-state index >= 15 is 0 Å². The maximum atomic E-state index is 14.2. The van der Waals surface area contributed by atoms with Gasteiger partial charge in [0, 0.05) is 42.9 Å². The van der Waals surface area contributed by atoms with Gasteiger partial charge in [0.2, 0.25) is 11.8 Å². The Morgan fingerprint density at radius 2 is 1.72 bits per heavy atom. The molecular formula is C36H46N4O3. The molecule has 1 N–H and O–H groups in total. The van der Waals surface area contributed by atoms with Crippen molar-refractivity contribution in [1.29, 1.82) is 0 Å². The van der Waals surface area contributed by atoms with E-state index in [0.29, 0.717) is 17.9 Å². The molecule has 43 heavy (non-hydrogen) atoms. The lowest BCUT2D eigenvalue weighted by molar-refractivity contribution is -0.123. The fourth-order valence-electron chi connectivity index (χ4n) is 7.29. The second kappa shape index (κ2) is 12.9. The van der Waals surface area contributed by atoms with Gasteiger partial charge < -0.3 is 15.0 Å². The number of nitrogens with zero attached hydrogens (tertiary/aromatic N) is 3. The van der Waals surface area contributed by atoms with Crippen LogP contribution in [0.2, 0.25) is 0 Å². The summed E-state index contributed by atoms with van der Waals surface area (Å²) in [6, 6.07) is 15.8. The maximum absolute atomic E-state index is 14.2. The first-order valence-corrected chi connectivity index (χ1v) is 16.3. The first kappa shape index (κ1) is 29.5. The first-order chi connectivity index (χ1) is 20.9. The van der Waals surface area contributed by atoms with E-state index in [-0.39, 0.29) is 23.8 Å². The molecule has 3 aromatic rings. The summed E-state index contributed by atoms with van der Waals surface area (Å²) in [6.07, 6.45) is 14.4. The van der Waals surface area contributed by atoms with E-state index in [1.54, 1.807) is 14.0 Å². The van der Waals surface area contributed by atoms with Crippen molar-refractivity contribution >= 4 is 17.5 Å². The summed E-state index contributed by atoms with van der Waals surface area (Å²) in [6.45, 7) is 4.45. The van der Waals surface area contributed by atoms with Crippen molar-refractivity contribution < 1.29 is 14.3 Å². The van der Waals surface area contributed by atoms with Gasteiger partial charge in [-0.2, -0.15) is 5.10 Å². The molecule has 3 fully saturated rings. The van der Waals surface area contributed by atoms with Crippen LogP contribution in [0.1, 0.15) is 94.2 Å². The van der Waals surface area contributed by atoms with E-state index in [1.807, 2.05) is 6.20 Å². The van der Waals surface area contributed by atoms with Gasteiger partial charge >= 0.3 is 0 Å². The predicted molar refractivity (Wildman–Crippen MR) is 170 cm³/mol. The summed E-state index contributed by atoms with van der Waals surface area (Å²) in [7, 11) is 1.73. The number of ether oxygens (including phenoxy) is 1. The van der Waals surface area contributed by atoms with E-state index in [2.05, 4.69) is 75.6 Å². The summed E-state index contributed by atoms with van der Waals surface area (Å²) in [5.74, 6) is 2.21. The highest BCUT2D eigenvalue weighted by molar-refractivity contribution is 5.95. The maximum Gasteiger partial charge on any atom is 0.230 e. The Morgan fingerprint density at radius 3 is 2.40 bits per heavy atom. The fourth-order valence-corrected chi connectivity index (χ4v) is 7.29. The molecule has 2 amide bonds. The third kappa shape index (κ3) is 6.97.